The van der Waals surface area contributed by atoms with Gasteiger partial charge in [-0.25, -0.2) is 9.97 Å². The Balaban J connectivity index is 1.77. The molecule has 4 saturated carbocycles. The Morgan fingerprint density at radius 2 is 1.60 bits per heavy atom. The van der Waals surface area contributed by atoms with Crippen LogP contribution >= 0.6 is 0 Å². The topological polar surface area (TPSA) is 51.8 Å². The molecular weight excluding hydrogens is 246 g/mol. The van der Waals surface area contributed by atoms with E-state index in [-0.39, 0.29) is 0 Å². The summed E-state index contributed by atoms with van der Waals surface area (Å²) in [4.78, 5) is 9.10. The number of hydrogen-bond acceptors (Lipinski definition) is 3. The predicted molar refractivity (Wildman–Crippen MR) is 80.4 cm³/mol. The van der Waals surface area contributed by atoms with Crippen molar-refractivity contribution in [2.45, 2.75) is 63.7 Å². The second-order valence-corrected chi connectivity index (χ2v) is 7.89. The highest BCUT2D eigenvalue weighted by Gasteiger charge is 2.52. The van der Waals surface area contributed by atoms with Gasteiger partial charge in [-0.2, -0.15) is 0 Å². The molecule has 1 heterocycles. The summed E-state index contributed by atoms with van der Waals surface area (Å²) in [7, 11) is 0. The maximum Gasteiger partial charge on any atom is 0.220 e. The second-order valence-electron chi connectivity index (χ2n) is 7.89. The highest BCUT2D eigenvalue weighted by atomic mass is 15.0. The van der Waals surface area contributed by atoms with Gasteiger partial charge in [0.15, 0.2) is 0 Å². The van der Waals surface area contributed by atoms with Crippen LogP contribution in [0.3, 0.4) is 0 Å². The number of anilines is 1. The lowest BCUT2D eigenvalue weighted by molar-refractivity contribution is -0.00724. The van der Waals surface area contributed by atoms with Crippen LogP contribution in [0.1, 0.15) is 69.7 Å². The fraction of sp³-hybridized carbons (Fsp3) is 0.765. The quantitative estimate of drug-likeness (QED) is 0.893. The lowest BCUT2D eigenvalue weighted by atomic mass is 9.49. The first-order valence-electron chi connectivity index (χ1n) is 8.19. The zero-order chi connectivity index (χ0) is 13.9. The average Bonchev–Trinajstić information content (AvgIpc) is 2.36. The molecule has 4 aliphatic carbocycles. The Hall–Kier alpha value is -1.12. The zero-order valence-corrected chi connectivity index (χ0v) is 12.6. The smallest absolute Gasteiger partial charge is 0.220 e. The Bertz CT molecular complexity index is 500. The van der Waals surface area contributed by atoms with E-state index in [4.69, 9.17) is 5.73 Å². The van der Waals surface area contributed by atoms with Crippen molar-refractivity contribution >= 4 is 5.95 Å². The molecular formula is C17H25N3. The van der Waals surface area contributed by atoms with E-state index in [0.717, 1.165) is 23.4 Å². The third-order valence-electron chi connectivity index (χ3n) is 5.94. The van der Waals surface area contributed by atoms with Gasteiger partial charge in [-0.15, -0.1) is 0 Å². The van der Waals surface area contributed by atoms with E-state index in [9.17, 15) is 0 Å². The fourth-order valence-corrected chi connectivity index (χ4v) is 5.48. The minimum Gasteiger partial charge on any atom is -0.368 e. The van der Waals surface area contributed by atoms with Gasteiger partial charge in [0.1, 0.15) is 0 Å². The minimum absolute atomic E-state index is 0.329. The largest absolute Gasteiger partial charge is 0.368 e. The van der Waals surface area contributed by atoms with Crippen LogP contribution in [0.2, 0.25) is 0 Å². The Morgan fingerprint density at radius 1 is 1.05 bits per heavy atom. The lowest BCUT2D eigenvalue weighted by Gasteiger charge is -2.56. The number of hydrogen-bond donors (Lipinski definition) is 1. The summed E-state index contributed by atoms with van der Waals surface area (Å²) in [5.74, 6) is 3.73. The molecule has 3 nitrogen and oxygen atoms in total. The molecule has 0 radical (unpaired) electrons. The van der Waals surface area contributed by atoms with Gasteiger partial charge >= 0.3 is 0 Å². The molecule has 1 aromatic heterocycles. The normalized spacial score (nSPS) is 38.6. The van der Waals surface area contributed by atoms with E-state index in [2.05, 4.69) is 29.9 Å². The molecule has 0 saturated heterocycles. The lowest BCUT2D eigenvalue weighted by Crippen LogP contribution is -2.49. The summed E-state index contributed by atoms with van der Waals surface area (Å²) < 4.78 is 0. The predicted octanol–water partition coefficient (Wildman–Crippen LogP) is 3.65. The van der Waals surface area contributed by atoms with E-state index in [0.29, 0.717) is 17.3 Å². The molecule has 108 valence electrons. The van der Waals surface area contributed by atoms with Gasteiger partial charge in [0, 0.05) is 11.1 Å². The van der Waals surface area contributed by atoms with Gasteiger partial charge in [0.05, 0.1) is 5.69 Å². The number of aromatic nitrogens is 2. The SMILES string of the molecule is CC(C)c1cc(C23CC4CC(CC(C4)C2)C3)nc(N)n1. The van der Waals surface area contributed by atoms with Crippen LogP contribution in [0.25, 0.3) is 0 Å². The summed E-state index contributed by atoms with van der Waals surface area (Å²) in [6, 6.07) is 2.26. The maximum atomic E-state index is 5.99. The van der Waals surface area contributed by atoms with Crippen molar-refractivity contribution in [3.63, 3.8) is 0 Å². The average molecular weight is 271 g/mol. The molecule has 0 aliphatic heterocycles. The molecule has 1 aromatic rings. The molecule has 0 amide bonds. The third-order valence-corrected chi connectivity index (χ3v) is 5.94. The van der Waals surface area contributed by atoms with Crippen LogP contribution in [0, 0.1) is 17.8 Å². The first kappa shape index (κ1) is 12.6. The van der Waals surface area contributed by atoms with Crippen LogP contribution in [0.15, 0.2) is 6.07 Å². The van der Waals surface area contributed by atoms with Gasteiger partial charge in [-0.1, -0.05) is 13.8 Å². The van der Waals surface area contributed by atoms with Crippen LogP contribution in [0.5, 0.6) is 0 Å². The Kier molecular flexibility index (Phi) is 2.64. The summed E-state index contributed by atoms with van der Waals surface area (Å²) >= 11 is 0. The van der Waals surface area contributed by atoms with E-state index in [1.807, 2.05) is 0 Å². The molecule has 0 unspecified atom stereocenters. The molecule has 4 bridgehead atoms. The number of nitrogens with zero attached hydrogens (tertiary/aromatic N) is 2. The van der Waals surface area contributed by atoms with Crippen molar-refractivity contribution in [3.8, 4) is 0 Å². The van der Waals surface area contributed by atoms with E-state index < -0.39 is 0 Å². The molecule has 5 rings (SSSR count). The number of nitrogen functional groups attached to an aromatic ring is 1. The molecule has 2 N–H and O–H groups in total. The first-order chi connectivity index (χ1) is 9.54. The fourth-order valence-electron chi connectivity index (χ4n) is 5.48. The van der Waals surface area contributed by atoms with Gasteiger partial charge in [-0.05, 0) is 68.3 Å². The molecule has 0 atom stereocenters. The van der Waals surface area contributed by atoms with Gasteiger partial charge in [-0.3, -0.25) is 0 Å². The van der Waals surface area contributed by atoms with Crippen LogP contribution in [-0.2, 0) is 5.41 Å². The van der Waals surface area contributed by atoms with E-state index in [1.54, 1.807) is 0 Å². The summed E-state index contributed by atoms with van der Waals surface area (Å²) in [6.07, 6.45) is 8.43. The zero-order valence-electron chi connectivity index (χ0n) is 12.6. The molecule has 3 heteroatoms. The standard InChI is InChI=1S/C17H25N3/c1-10(2)14-6-15(20-16(18)19-14)17-7-11-3-12(8-17)5-13(4-11)9-17/h6,10-13H,3-5,7-9H2,1-2H3,(H2,18,19,20). The Morgan fingerprint density at radius 3 is 2.10 bits per heavy atom. The van der Waals surface area contributed by atoms with Crippen LogP contribution in [-0.4, -0.2) is 9.97 Å². The van der Waals surface area contributed by atoms with Crippen molar-refractivity contribution in [1.82, 2.24) is 9.97 Å². The highest BCUT2D eigenvalue weighted by Crippen LogP contribution is 2.60. The molecule has 4 fully saturated rings. The van der Waals surface area contributed by atoms with Gasteiger partial charge < -0.3 is 5.73 Å². The summed E-state index contributed by atoms with van der Waals surface area (Å²) in [6.45, 7) is 4.37. The van der Waals surface area contributed by atoms with Crippen molar-refractivity contribution in [3.05, 3.63) is 17.5 Å². The Labute approximate surface area is 121 Å². The molecule has 0 spiro atoms. The maximum absolute atomic E-state index is 5.99. The molecule has 20 heavy (non-hydrogen) atoms. The van der Waals surface area contributed by atoms with Gasteiger partial charge in [0.2, 0.25) is 5.95 Å². The highest BCUT2D eigenvalue weighted by molar-refractivity contribution is 5.31. The van der Waals surface area contributed by atoms with Crippen molar-refractivity contribution in [1.29, 1.82) is 0 Å². The van der Waals surface area contributed by atoms with Gasteiger partial charge in [0.25, 0.3) is 0 Å². The van der Waals surface area contributed by atoms with E-state index >= 15 is 0 Å². The summed E-state index contributed by atoms with van der Waals surface area (Å²) in [5, 5.41) is 0. The number of rotatable bonds is 2. The third kappa shape index (κ3) is 1.86. The molecule has 4 aliphatic rings. The van der Waals surface area contributed by atoms with Crippen LogP contribution in [0.4, 0.5) is 5.95 Å². The first-order valence-corrected chi connectivity index (χ1v) is 8.19. The monoisotopic (exact) mass is 271 g/mol. The van der Waals surface area contributed by atoms with E-state index in [1.165, 1.54) is 44.2 Å². The van der Waals surface area contributed by atoms with Crippen LogP contribution < -0.4 is 5.73 Å². The van der Waals surface area contributed by atoms with Crippen molar-refractivity contribution in [2.24, 2.45) is 17.8 Å². The second kappa shape index (κ2) is 4.19. The molecule has 0 aromatic carbocycles. The minimum atomic E-state index is 0.329. The summed E-state index contributed by atoms with van der Waals surface area (Å²) in [5.41, 5.74) is 8.69. The van der Waals surface area contributed by atoms with Crippen molar-refractivity contribution < 1.29 is 0 Å². The number of nitrogens with two attached hydrogens (primary N) is 1. The van der Waals surface area contributed by atoms with Crippen molar-refractivity contribution in [2.75, 3.05) is 5.73 Å².